The van der Waals surface area contributed by atoms with E-state index in [1.54, 1.807) is 12.1 Å². The Morgan fingerprint density at radius 2 is 1.76 bits per heavy atom. The summed E-state index contributed by atoms with van der Waals surface area (Å²) in [5.41, 5.74) is 1.67. The summed E-state index contributed by atoms with van der Waals surface area (Å²) in [5.74, 6) is -0.153. The number of hydrogen-bond donors (Lipinski definition) is 1. The highest BCUT2D eigenvalue weighted by molar-refractivity contribution is 9.10. The smallest absolute Gasteiger partial charge is 0.125 e. The molecule has 0 saturated heterocycles. The minimum absolute atomic E-state index is 0.0462. The molecule has 1 atom stereocenters. The van der Waals surface area contributed by atoms with E-state index in [9.17, 15) is 8.78 Å². The molecule has 1 fully saturated rings. The van der Waals surface area contributed by atoms with Crippen LogP contribution in [0.3, 0.4) is 0 Å². The van der Waals surface area contributed by atoms with Gasteiger partial charge in [-0.05, 0) is 64.5 Å². The maximum atomic E-state index is 13.3. The van der Waals surface area contributed by atoms with Crippen LogP contribution in [0, 0.1) is 17.6 Å². The summed E-state index contributed by atoms with van der Waals surface area (Å²) in [7, 11) is 0. The molecule has 2 aromatic carbocycles. The van der Waals surface area contributed by atoms with Gasteiger partial charge in [-0.1, -0.05) is 23.7 Å². The molecule has 0 aromatic heterocycles. The van der Waals surface area contributed by atoms with Crippen LogP contribution < -0.4 is 5.32 Å². The van der Waals surface area contributed by atoms with Crippen LogP contribution in [-0.2, 0) is 0 Å². The van der Waals surface area contributed by atoms with Crippen molar-refractivity contribution in [2.45, 2.75) is 18.9 Å². The Labute approximate surface area is 135 Å². The second kappa shape index (κ2) is 5.93. The van der Waals surface area contributed by atoms with Gasteiger partial charge in [0.15, 0.2) is 0 Å². The van der Waals surface area contributed by atoms with Crippen molar-refractivity contribution in [1.82, 2.24) is 0 Å². The zero-order chi connectivity index (χ0) is 15.0. The largest absolute Gasteiger partial charge is 0.376 e. The first-order valence-corrected chi connectivity index (χ1v) is 7.88. The van der Waals surface area contributed by atoms with Crippen LogP contribution in [0.5, 0.6) is 0 Å². The third-order valence-electron chi connectivity index (χ3n) is 3.63. The molecule has 1 aliphatic rings. The molecule has 1 N–H and O–H groups in total. The van der Waals surface area contributed by atoms with E-state index in [0.717, 1.165) is 18.4 Å². The highest BCUT2D eigenvalue weighted by atomic mass is 79.9. The van der Waals surface area contributed by atoms with Gasteiger partial charge in [0.25, 0.3) is 0 Å². The average molecular weight is 373 g/mol. The number of benzene rings is 2. The lowest BCUT2D eigenvalue weighted by Gasteiger charge is -2.22. The van der Waals surface area contributed by atoms with Gasteiger partial charge in [-0.3, -0.25) is 0 Å². The zero-order valence-corrected chi connectivity index (χ0v) is 13.4. The van der Waals surface area contributed by atoms with Crippen molar-refractivity contribution < 1.29 is 8.78 Å². The van der Waals surface area contributed by atoms with Crippen LogP contribution in [-0.4, -0.2) is 0 Å². The molecular weight excluding hydrogens is 360 g/mol. The van der Waals surface area contributed by atoms with Crippen molar-refractivity contribution in [3.05, 3.63) is 63.1 Å². The van der Waals surface area contributed by atoms with Crippen molar-refractivity contribution in [3.63, 3.8) is 0 Å². The molecule has 0 spiro atoms. The second-order valence-corrected chi connectivity index (χ2v) is 6.52. The Kier molecular flexibility index (Phi) is 4.18. The summed E-state index contributed by atoms with van der Waals surface area (Å²) in [6.07, 6.45) is 2.23. The Morgan fingerprint density at radius 3 is 2.33 bits per heavy atom. The Balaban J connectivity index is 1.91. The molecule has 1 saturated carbocycles. The van der Waals surface area contributed by atoms with Crippen molar-refractivity contribution in [1.29, 1.82) is 0 Å². The van der Waals surface area contributed by atoms with Crippen LogP contribution in [0.1, 0.15) is 24.4 Å². The maximum Gasteiger partial charge on any atom is 0.125 e. The predicted octanol–water partition coefficient (Wildman–Crippen LogP) is 5.94. The molecule has 0 heterocycles. The fraction of sp³-hybridized carbons (Fsp3) is 0.250. The van der Waals surface area contributed by atoms with Gasteiger partial charge in [0.05, 0.1) is 16.8 Å². The third kappa shape index (κ3) is 3.38. The SMILES string of the molecule is Fc1ccc(C(Nc2c(Cl)cc(F)cc2Br)C2CC2)cc1. The molecular formula is C16H13BrClF2N. The molecule has 0 amide bonds. The number of anilines is 1. The first-order chi connectivity index (χ1) is 10.0. The fourth-order valence-corrected chi connectivity index (χ4v) is 3.33. The number of hydrogen-bond acceptors (Lipinski definition) is 1. The van der Waals surface area contributed by atoms with Gasteiger partial charge in [0.1, 0.15) is 11.6 Å². The van der Waals surface area contributed by atoms with Crippen LogP contribution in [0.2, 0.25) is 5.02 Å². The number of nitrogens with one attached hydrogen (secondary N) is 1. The van der Waals surface area contributed by atoms with E-state index in [0.29, 0.717) is 21.1 Å². The van der Waals surface area contributed by atoms with Crippen molar-refractivity contribution in [3.8, 4) is 0 Å². The predicted molar refractivity (Wildman–Crippen MR) is 84.6 cm³/mol. The molecule has 0 radical (unpaired) electrons. The summed E-state index contributed by atoms with van der Waals surface area (Å²) in [6, 6.07) is 9.16. The first kappa shape index (κ1) is 14.8. The number of rotatable bonds is 4. The highest BCUT2D eigenvalue weighted by Gasteiger charge is 2.33. The first-order valence-electron chi connectivity index (χ1n) is 6.71. The van der Waals surface area contributed by atoms with E-state index in [1.807, 2.05) is 0 Å². The van der Waals surface area contributed by atoms with Crippen molar-refractivity contribution >= 4 is 33.2 Å². The summed E-state index contributed by atoms with van der Waals surface area (Å²) >= 11 is 9.46. The van der Waals surface area contributed by atoms with Gasteiger partial charge in [-0.25, -0.2) is 8.78 Å². The maximum absolute atomic E-state index is 13.3. The molecule has 110 valence electrons. The quantitative estimate of drug-likeness (QED) is 0.700. The van der Waals surface area contributed by atoms with Crippen molar-refractivity contribution in [2.24, 2.45) is 5.92 Å². The molecule has 1 nitrogen and oxygen atoms in total. The van der Waals surface area contributed by atoms with E-state index < -0.39 is 0 Å². The van der Waals surface area contributed by atoms with Crippen LogP contribution in [0.15, 0.2) is 40.9 Å². The van der Waals surface area contributed by atoms with E-state index in [1.165, 1.54) is 24.3 Å². The molecule has 3 rings (SSSR count). The van der Waals surface area contributed by atoms with Gasteiger partial charge < -0.3 is 5.32 Å². The summed E-state index contributed by atoms with van der Waals surface area (Å²) < 4.78 is 27.0. The lowest BCUT2D eigenvalue weighted by molar-refractivity contribution is 0.621. The Bertz CT molecular complexity index is 633. The molecule has 0 bridgehead atoms. The average Bonchev–Trinajstić information content (AvgIpc) is 3.24. The van der Waals surface area contributed by atoms with Gasteiger partial charge >= 0.3 is 0 Å². The van der Waals surface area contributed by atoms with Gasteiger partial charge in [-0.15, -0.1) is 0 Å². The van der Waals surface area contributed by atoms with E-state index >= 15 is 0 Å². The van der Waals surface area contributed by atoms with Crippen molar-refractivity contribution in [2.75, 3.05) is 5.32 Å². The topological polar surface area (TPSA) is 12.0 Å². The second-order valence-electron chi connectivity index (χ2n) is 5.26. The van der Waals surface area contributed by atoms with Gasteiger partial charge in [-0.2, -0.15) is 0 Å². The molecule has 1 unspecified atom stereocenters. The summed E-state index contributed by atoms with van der Waals surface area (Å²) in [5, 5.41) is 3.70. The minimum Gasteiger partial charge on any atom is -0.376 e. The van der Waals surface area contributed by atoms with E-state index in [4.69, 9.17) is 11.6 Å². The molecule has 0 aliphatic heterocycles. The molecule has 5 heteroatoms. The standard InChI is InChI=1S/C16H13BrClF2N/c17-13-7-12(20)8-14(18)16(13)21-15(9-1-2-9)10-3-5-11(19)6-4-10/h3-9,15,21H,1-2H2. The lowest BCUT2D eigenvalue weighted by Crippen LogP contribution is -2.13. The monoisotopic (exact) mass is 371 g/mol. The summed E-state index contributed by atoms with van der Waals surface area (Å²) in [6.45, 7) is 0. The molecule has 1 aliphatic carbocycles. The molecule has 21 heavy (non-hydrogen) atoms. The highest BCUT2D eigenvalue weighted by Crippen LogP contribution is 2.45. The van der Waals surface area contributed by atoms with Gasteiger partial charge in [0.2, 0.25) is 0 Å². The minimum atomic E-state index is -0.387. The lowest BCUT2D eigenvalue weighted by atomic mass is 10.0. The van der Waals surface area contributed by atoms with Crippen LogP contribution in [0.25, 0.3) is 0 Å². The summed E-state index contributed by atoms with van der Waals surface area (Å²) in [4.78, 5) is 0. The Morgan fingerprint density at radius 1 is 1.10 bits per heavy atom. The molecule has 2 aromatic rings. The zero-order valence-electron chi connectivity index (χ0n) is 11.0. The number of halogens is 4. The van der Waals surface area contributed by atoms with Gasteiger partial charge in [0, 0.05) is 4.47 Å². The Hall–Kier alpha value is -1.13. The fourth-order valence-electron chi connectivity index (χ4n) is 2.41. The van der Waals surface area contributed by atoms with Crippen LogP contribution in [0.4, 0.5) is 14.5 Å². The van der Waals surface area contributed by atoms with E-state index in [-0.39, 0.29) is 17.7 Å². The third-order valence-corrected chi connectivity index (χ3v) is 4.55. The van der Waals surface area contributed by atoms with E-state index in [2.05, 4.69) is 21.2 Å². The normalized spacial score (nSPS) is 15.8. The van der Waals surface area contributed by atoms with Crippen LogP contribution >= 0.6 is 27.5 Å².